The summed E-state index contributed by atoms with van der Waals surface area (Å²) in [5, 5.41) is 6.44. The SMILES string of the molecule is CCn1c2cc(C(=O)NCCCN3CCC(F)CC3)ccc2n2cc(-c3ccc(C4CCCN4)cc3F)nc12. The number of nitrogens with one attached hydrogen (secondary N) is 2. The molecule has 2 aliphatic rings. The van der Waals surface area contributed by atoms with Crippen LogP contribution in [0.15, 0.2) is 42.6 Å². The third kappa shape index (κ3) is 5.17. The number of nitrogens with zero attached hydrogens (tertiary/aromatic N) is 4. The summed E-state index contributed by atoms with van der Waals surface area (Å²) >= 11 is 0. The number of piperidine rings is 1. The molecule has 0 aliphatic carbocycles. The van der Waals surface area contributed by atoms with Crippen LogP contribution in [-0.4, -0.2) is 63.7 Å². The second-order valence-corrected chi connectivity index (χ2v) is 10.8. The monoisotopic (exact) mass is 534 g/mol. The Kier molecular flexibility index (Phi) is 7.36. The van der Waals surface area contributed by atoms with Crippen LogP contribution in [-0.2, 0) is 6.54 Å². The quantitative estimate of drug-likeness (QED) is 0.309. The molecule has 2 aliphatic heterocycles. The van der Waals surface area contributed by atoms with Gasteiger partial charge in [-0.25, -0.2) is 13.8 Å². The van der Waals surface area contributed by atoms with Crippen LogP contribution in [0.2, 0.25) is 0 Å². The Balaban J connectivity index is 1.18. The number of likely N-dealkylation sites (tertiary alicyclic amines) is 1. The van der Waals surface area contributed by atoms with E-state index in [-0.39, 0.29) is 17.8 Å². The molecule has 2 fully saturated rings. The maximum absolute atomic E-state index is 15.2. The maximum atomic E-state index is 15.2. The molecule has 2 N–H and O–H groups in total. The van der Waals surface area contributed by atoms with E-state index in [2.05, 4.69) is 20.1 Å². The first-order valence-electron chi connectivity index (χ1n) is 14.2. The van der Waals surface area contributed by atoms with Crippen LogP contribution in [0.1, 0.15) is 61.0 Å². The highest BCUT2D eigenvalue weighted by atomic mass is 19.1. The minimum absolute atomic E-state index is 0.111. The lowest BCUT2D eigenvalue weighted by molar-refractivity contribution is 0.0950. The summed E-state index contributed by atoms with van der Waals surface area (Å²) in [5.74, 6) is 0.346. The van der Waals surface area contributed by atoms with Crippen molar-refractivity contribution in [1.29, 1.82) is 0 Å². The summed E-state index contributed by atoms with van der Waals surface area (Å²) in [6.07, 6.45) is 5.39. The number of hydrogen-bond donors (Lipinski definition) is 2. The van der Waals surface area contributed by atoms with E-state index in [1.165, 1.54) is 0 Å². The Morgan fingerprint density at radius 3 is 2.72 bits per heavy atom. The molecule has 1 unspecified atom stereocenters. The second-order valence-electron chi connectivity index (χ2n) is 10.8. The highest BCUT2D eigenvalue weighted by molar-refractivity contribution is 5.98. The van der Waals surface area contributed by atoms with Gasteiger partial charge in [0.25, 0.3) is 5.91 Å². The van der Waals surface area contributed by atoms with Crippen LogP contribution < -0.4 is 10.6 Å². The van der Waals surface area contributed by atoms with Gasteiger partial charge in [-0.15, -0.1) is 0 Å². The first kappa shape index (κ1) is 26.0. The summed E-state index contributed by atoms with van der Waals surface area (Å²) in [4.78, 5) is 20.0. The van der Waals surface area contributed by atoms with Crippen LogP contribution >= 0.6 is 0 Å². The number of aromatic nitrogens is 3. The van der Waals surface area contributed by atoms with Gasteiger partial charge in [0.05, 0.1) is 16.7 Å². The van der Waals surface area contributed by atoms with E-state index < -0.39 is 6.17 Å². The van der Waals surface area contributed by atoms with Crippen LogP contribution in [0.4, 0.5) is 8.78 Å². The standard InChI is InChI=1S/C30H36F2N6O/c1-2-37-28-18-21(29(39)34-13-4-14-36-15-10-22(31)11-16-36)7-9-27(28)38-19-26(35-30(37)38)23-8-6-20(17-24(23)32)25-5-3-12-33-25/h6-9,17-19,22,25,33H,2-5,10-16H2,1H3,(H,34,39). The molecule has 2 saturated heterocycles. The lowest BCUT2D eigenvalue weighted by Crippen LogP contribution is -2.36. The van der Waals surface area contributed by atoms with Crippen LogP contribution in [0.5, 0.6) is 0 Å². The maximum Gasteiger partial charge on any atom is 0.251 e. The Morgan fingerprint density at radius 2 is 1.97 bits per heavy atom. The Morgan fingerprint density at radius 1 is 1.13 bits per heavy atom. The number of fused-ring (bicyclic) bond motifs is 3. The fourth-order valence-electron chi connectivity index (χ4n) is 6.03. The third-order valence-corrected chi connectivity index (χ3v) is 8.22. The van der Waals surface area contributed by atoms with E-state index in [0.29, 0.717) is 42.8 Å². The Labute approximate surface area is 227 Å². The van der Waals surface area contributed by atoms with Gasteiger partial charge < -0.3 is 20.1 Å². The summed E-state index contributed by atoms with van der Waals surface area (Å²) in [6.45, 7) is 6.70. The number of imidazole rings is 2. The lowest BCUT2D eigenvalue weighted by Gasteiger charge is -2.28. The molecule has 4 heterocycles. The molecular weight excluding hydrogens is 498 g/mol. The molecule has 0 saturated carbocycles. The summed E-state index contributed by atoms with van der Waals surface area (Å²) < 4.78 is 32.5. The molecule has 2 aromatic carbocycles. The van der Waals surface area contributed by atoms with Gasteiger partial charge in [-0.3, -0.25) is 9.20 Å². The van der Waals surface area contributed by atoms with Crippen molar-refractivity contribution in [3.8, 4) is 11.3 Å². The zero-order valence-electron chi connectivity index (χ0n) is 22.4. The molecule has 6 rings (SSSR count). The minimum atomic E-state index is -0.667. The van der Waals surface area contributed by atoms with Crippen molar-refractivity contribution in [2.75, 3.05) is 32.7 Å². The average Bonchev–Trinajstić information content (AvgIpc) is 3.68. The fourth-order valence-corrected chi connectivity index (χ4v) is 6.03. The average molecular weight is 535 g/mol. The van der Waals surface area contributed by atoms with E-state index in [1.807, 2.05) is 47.9 Å². The predicted molar refractivity (Wildman–Crippen MR) is 149 cm³/mol. The van der Waals surface area contributed by atoms with Crippen molar-refractivity contribution in [3.05, 3.63) is 59.5 Å². The highest BCUT2D eigenvalue weighted by Gasteiger charge is 2.21. The van der Waals surface area contributed by atoms with Gasteiger partial charge >= 0.3 is 0 Å². The molecule has 2 aromatic heterocycles. The van der Waals surface area contributed by atoms with Crippen molar-refractivity contribution in [2.45, 2.75) is 57.8 Å². The van der Waals surface area contributed by atoms with Gasteiger partial charge in [-0.1, -0.05) is 6.07 Å². The smallest absolute Gasteiger partial charge is 0.251 e. The number of alkyl halides is 1. The number of halogens is 2. The molecule has 1 amide bonds. The third-order valence-electron chi connectivity index (χ3n) is 8.22. The molecule has 9 heteroatoms. The number of benzene rings is 2. The van der Waals surface area contributed by atoms with Crippen LogP contribution in [0.3, 0.4) is 0 Å². The molecule has 39 heavy (non-hydrogen) atoms. The van der Waals surface area contributed by atoms with Gasteiger partial charge in [0.1, 0.15) is 12.0 Å². The molecule has 0 bridgehead atoms. The van der Waals surface area contributed by atoms with Crippen molar-refractivity contribution in [2.24, 2.45) is 0 Å². The second kappa shape index (κ2) is 11.1. The Bertz CT molecular complexity index is 1480. The highest BCUT2D eigenvalue weighted by Crippen LogP contribution is 2.31. The first-order valence-corrected chi connectivity index (χ1v) is 14.2. The molecule has 1 atom stereocenters. The van der Waals surface area contributed by atoms with E-state index >= 15 is 4.39 Å². The minimum Gasteiger partial charge on any atom is -0.352 e. The number of rotatable bonds is 8. The fraction of sp³-hybridized carbons (Fsp3) is 0.467. The molecule has 206 valence electrons. The Hall–Kier alpha value is -3.30. The molecule has 4 aromatic rings. The predicted octanol–water partition coefficient (Wildman–Crippen LogP) is 5.09. The summed E-state index contributed by atoms with van der Waals surface area (Å²) in [6, 6.07) is 11.3. The van der Waals surface area contributed by atoms with E-state index in [1.54, 1.807) is 6.07 Å². The van der Waals surface area contributed by atoms with Crippen molar-refractivity contribution in [3.63, 3.8) is 0 Å². The molecule has 7 nitrogen and oxygen atoms in total. The van der Waals surface area contributed by atoms with Gasteiger partial charge in [0, 0.05) is 49.5 Å². The number of hydrogen-bond acceptors (Lipinski definition) is 4. The molecule has 0 radical (unpaired) electrons. The number of carbonyl (C=O) groups excluding carboxylic acids is 1. The van der Waals surface area contributed by atoms with Crippen LogP contribution in [0.25, 0.3) is 28.1 Å². The van der Waals surface area contributed by atoms with Gasteiger partial charge in [-0.2, -0.15) is 0 Å². The number of amides is 1. The zero-order valence-corrected chi connectivity index (χ0v) is 22.4. The number of aryl methyl sites for hydroxylation is 1. The topological polar surface area (TPSA) is 66.6 Å². The largest absolute Gasteiger partial charge is 0.352 e. The summed E-state index contributed by atoms with van der Waals surface area (Å²) in [7, 11) is 0. The molecular formula is C30H36F2N6O. The van der Waals surface area contributed by atoms with Gasteiger partial charge in [0.15, 0.2) is 0 Å². The van der Waals surface area contributed by atoms with E-state index in [4.69, 9.17) is 4.98 Å². The van der Waals surface area contributed by atoms with Crippen LogP contribution in [0, 0.1) is 5.82 Å². The lowest BCUT2D eigenvalue weighted by atomic mass is 10.0. The van der Waals surface area contributed by atoms with Gasteiger partial charge in [-0.05, 0) is 88.0 Å². The van der Waals surface area contributed by atoms with Gasteiger partial charge in [0.2, 0.25) is 5.78 Å². The van der Waals surface area contributed by atoms with Crippen molar-refractivity contribution >= 4 is 22.7 Å². The normalized spacial score (nSPS) is 18.9. The first-order chi connectivity index (χ1) is 19.0. The zero-order chi connectivity index (χ0) is 26.9. The van der Waals surface area contributed by atoms with E-state index in [0.717, 1.165) is 67.8 Å². The molecule has 0 spiro atoms. The summed E-state index contributed by atoms with van der Waals surface area (Å²) in [5.41, 5.74) is 4.49. The number of carbonyl (C=O) groups is 1. The van der Waals surface area contributed by atoms with E-state index in [9.17, 15) is 9.18 Å². The van der Waals surface area contributed by atoms with Crippen molar-refractivity contribution in [1.82, 2.24) is 29.5 Å². The van der Waals surface area contributed by atoms with Crippen molar-refractivity contribution < 1.29 is 13.6 Å².